The number of methoxy groups -OCH3 is 1. The predicted molar refractivity (Wildman–Crippen MR) is 73.1 cm³/mol. The number of hydrogen-bond acceptors (Lipinski definition) is 5. The van der Waals surface area contributed by atoms with Crippen molar-refractivity contribution in [3.8, 4) is 0 Å². The minimum Gasteiger partial charge on any atom is -0.469 e. The molecular formula is C14H17FN2O4. The van der Waals surface area contributed by atoms with Crippen LogP contribution in [0.2, 0.25) is 0 Å². The van der Waals surface area contributed by atoms with Crippen LogP contribution in [0, 0.1) is 5.82 Å². The van der Waals surface area contributed by atoms with Gasteiger partial charge in [0.2, 0.25) is 0 Å². The van der Waals surface area contributed by atoms with Crippen molar-refractivity contribution in [2.75, 3.05) is 32.5 Å². The monoisotopic (exact) mass is 296 g/mol. The molecule has 114 valence electrons. The average Bonchev–Trinajstić information content (AvgIpc) is 2.49. The standard InChI is InChI=1S/C14H17FN2O4/c1-20-13(18)7-10-8-17(4-5-21-10)14(19)11-6-9(16)2-3-12(11)15/h2-3,6,10H,4-5,7-8,16H2,1H3. The van der Waals surface area contributed by atoms with Crippen LogP contribution in [0.15, 0.2) is 18.2 Å². The van der Waals surface area contributed by atoms with Gasteiger partial charge in [-0.05, 0) is 18.2 Å². The second kappa shape index (κ2) is 6.53. The lowest BCUT2D eigenvalue weighted by molar-refractivity contribution is -0.145. The van der Waals surface area contributed by atoms with Crippen molar-refractivity contribution in [1.29, 1.82) is 0 Å². The zero-order valence-electron chi connectivity index (χ0n) is 11.7. The fourth-order valence-electron chi connectivity index (χ4n) is 2.17. The summed E-state index contributed by atoms with van der Waals surface area (Å²) in [5, 5.41) is 0. The molecule has 0 aliphatic carbocycles. The molecule has 7 heteroatoms. The zero-order chi connectivity index (χ0) is 15.4. The number of esters is 1. The van der Waals surface area contributed by atoms with E-state index in [2.05, 4.69) is 4.74 Å². The van der Waals surface area contributed by atoms with Gasteiger partial charge in [-0.15, -0.1) is 0 Å². The third kappa shape index (κ3) is 3.69. The number of ether oxygens (including phenoxy) is 2. The number of amides is 1. The van der Waals surface area contributed by atoms with Crippen LogP contribution in [0.25, 0.3) is 0 Å². The van der Waals surface area contributed by atoms with E-state index in [4.69, 9.17) is 10.5 Å². The highest BCUT2D eigenvalue weighted by Gasteiger charge is 2.28. The number of hydrogen-bond donors (Lipinski definition) is 1. The first-order valence-electron chi connectivity index (χ1n) is 6.54. The van der Waals surface area contributed by atoms with E-state index in [1.54, 1.807) is 0 Å². The summed E-state index contributed by atoms with van der Waals surface area (Å²) in [5.41, 5.74) is 5.83. The Labute approximate surface area is 121 Å². The van der Waals surface area contributed by atoms with Crippen molar-refractivity contribution in [1.82, 2.24) is 4.90 Å². The molecule has 1 heterocycles. The fraction of sp³-hybridized carbons (Fsp3) is 0.429. The van der Waals surface area contributed by atoms with E-state index in [9.17, 15) is 14.0 Å². The summed E-state index contributed by atoms with van der Waals surface area (Å²) in [6.45, 7) is 0.838. The number of benzene rings is 1. The van der Waals surface area contributed by atoms with E-state index in [0.717, 1.165) is 6.07 Å². The van der Waals surface area contributed by atoms with Gasteiger partial charge in [-0.25, -0.2) is 4.39 Å². The van der Waals surface area contributed by atoms with Crippen molar-refractivity contribution in [2.24, 2.45) is 0 Å². The van der Waals surface area contributed by atoms with Crippen molar-refractivity contribution >= 4 is 17.6 Å². The number of morpholine rings is 1. The van der Waals surface area contributed by atoms with Crippen LogP contribution in [-0.2, 0) is 14.3 Å². The molecule has 1 atom stereocenters. The quantitative estimate of drug-likeness (QED) is 0.659. The van der Waals surface area contributed by atoms with Crippen LogP contribution >= 0.6 is 0 Å². The second-order valence-corrected chi connectivity index (χ2v) is 4.76. The van der Waals surface area contributed by atoms with Gasteiger partial charge in [-0.2, -0.15) is 0 Å². The van der Waals surface area contributed by atoms with Gasteiger partial charge in [0.15, 0.2) is 0 Å². The predicted octanol–water partition coefficient (Wildman–Crippen LogP) is 0.812. The highest BCUT2D eigenvalue weighted by atomic mass is 19.1. The second-order valence-electron chi connectivity index (χ2n) is 4.76. The van der Waals surface area contributed by atoms with Crippen LogP contribution in [0.1, 0.15) is 16.8 Å². The normalized spacial score (nSPS) is 18.4. The SMILES string of the molecule is COC(=O)CC1CN(C(=O)c2cc(N)ccc2F)CCO1. The smallest absolute Gasteiger partial charge is 0.308 e. The van der Waals surface area contributed by atoms with Gasteiger partial charge in [0, 0.05) is 18.8 Å². The number of halogens is 1. The minimum atomic E-state index is -0.620. The number of rotatable bonds is 3. The Balaban J connectivity index is 2.08. The summed E-state index contributed by atoms with van der Waals surface area (Å²) >= 11 is 0. The van der Waals surface area contributed by atoms with Gasteiger partial charge in [0.1, 0.15) is 5.82 Å². The molecule has 1 saturated heterocycles. The van der Waals surface area contributed by atoms with E-state index < -0.39 is 23.8 Å². The lowest BCUT2D eigenvalue weighted by Gasteiger charge is -2.32. The third-order valence-corrected chi connectivity index (χ3v) is 3.27. The maximum absolute atomic E-state index is 13.7. The summed E-state index contributed by atoms with van der Waals surface area (Å²) in [7, 11) is 1.29. The van der Waals surface area contributed by atoms with Gasteiger partial charge in [-0.1, -0.05) is 0 Å². The molecule has 1 aromatic rings. The fourth-order valence-corrected chi connectivity index (χ4v) is 2.17. The first kappa shape index (κ1) is 15.2. The minimum absolute atomic E-state index is 0.0552. The van der Waals surface area contributed by atoms with Gasteiger partial charge < -0.3 is 20.1 Å². The first-order chi connectivity index (χ1) is 10.0. The molecular weight excluding hydrogens is 279 g/mol. The molecule has 1 fully saturated rings. The molecule has 1 unspecified atom stereocenters. The molecule has 1 amide bonds. The van der Waals surface area contributed by atoms with E-state index in [1.807, 2.05) is 0 Å². The van der Waals surface area contributed by atoms with Crippen LogP contribution < -0.4 is 5.73 Å². The Bertz CT molecular complexity index is 550. The molecule has 1 aliphatic rings. The number of nitrogens with zero attached hydrogens (tertiary/aromatic N) is 1. The Morgan fingerprint density at radius 2 is 2.29 bits per heavy atom. The Hall–Kier alpha value is -2.15. The maximum atomic E-state index is 13.7. The molecule has 0 bridgehead atoms. The van der Waals surface area contributed by atoms with E-state index in [1.165, 1.54) is 24.1 Å². The summed E-state index contributed by atoms with van der Waals surface area (Å²) in [5.74, 6) is -1.49. The number of carbonyl (C=O) groups excluding carboxylic acids is 2. The van der Waals surface area contributed by atoms with E-state index in [-0.39, 0.29) is 25.1 Å². The number of nitrogen functional groups attached to an aromatic ring is 1. The number of anilines is 1. The van der Waals surface area contributed by atoms with Crippen LogP contribution in [0.5, 0.6) is 0 Å². The zero-order valence-corrected chi connectivity index (χ0v) is 11.7. The Morgan fingerprint density at radius 3 is 3.00 bits per heavy atom. The van der Waals surface area contributed by atoms with Gasteiger partial charge in [0.05, 0.1) is 31.8 Å². The molecule has 21 heavy (non-hydrogen) atoms. The summed E-state index contributed by atoms with van der Waals surface area (Å²) in [4.78, 5) is 25.0. The maximum Gasteiger partial charge on any atom is 0.308 e. The Kier molecular flexibility index (Phi) is 4.74. The van der Waals surface area contributed by atoms with Crippen LogP contribution in [0.4, 0.5) is 10.1 Å². The lowest BCUT2D eigenvalue weighted by Crippen LogP contribution is -2.46. The number of carbonyl (C=O) groups is 2. The topological polar surface area (TPSA) is 81.9 Å². The van der Waals surface area contributed by atoms with Crippen molar-refractivity contribution in [3.05, 3.63) is 29.6 Å². The van der Waals surface area contributed by atoms with Crippen molar-refractivity contribution in [2.45, 2.75) is 12.5 Å². The molecule has 6 nitrogen and oxygen atoms in total. The van der Waals surface area contributed by atoms with Gasteiger partial charge in [0.25, 0.3) is 5.91 Å². The molecule has 2 N–H and O–H groups in total. The molecule has 0 radical (unpaired) electrons. The van der Waals surface area contributed by atoms with Crippen molar-refractivity contribution in [3.63, 3.8) is 0 Å². The summed E-state index contributed by atoms with van der Waals surface area (Å²) in [6.07, 6.45) is -0.390. The van der Waals surface area contributed by atoms with Crippen LogP contribution in [0.3, 0.4) is 0 Å². The average molecular weight is 296 g/mol. The largest absolute Gasteiger partial charge is 0.469 e. The lowest BCUT2D eigenvalue weighted by atomic mass is 10.1. The summed E-state index contributed by atoms with van der Waals surface area (Å²) in [6, 6.07) is 3.86. The molecule has 2 rings (SSSR count). The third-order valence-electron chi connectivity index (χ3n) is 3.27. The molecule has 0 spiro atoms. The molecule has 0 saturated carbocycles. The molecule has 1 aliphatic heterocycles. The highest BCUT2D eigenvalue weighted by molar-refractivity contribution is 5.95. The first-order valence-corrected chi connectivity index (χ1v) is 6.54. The van der Waals surface area contributed by atoms with Gasteiger partial charge in [-0.3, -0.25) is 9.59 Å². The van der Waals surface area contributed by atoms with Gasteiger partial charge >= 0.3 is 5.97 Å². The van der Waals surface area contributed by atoms with Crippen molar-refractivity contribution < 1.29 is 23.5 Å². The Morgan fingerprint density at radius 1 is 1.52 bits per heavy atom. The highest BCUT2D eigenvalue weighted by Crippen LogP contribution is 2.17. The summed E-state index contributed by atoms with van der Waals surface area (Å²) < 4.78 is 23.7. The van der Waals surface area contributed by atoms with E-state index in [0.29, 0.717) is 12.2 Å². The number of nitrogens with two attached hydrogens (primary N) is 1. The van der Waals surface area contributed by atoms with Crippen LogP contribution in [-0.4, -0.2) is 49.7 Å². The molecule has 0 aromatic heterocycles. The molecule has 1 aromatic carbocycles. The van der Waals surface area contributed by atoms with E-state index >= 15 is 0 Å².